The molecule has 0 atom stereocenters. The number of carbonyl (C=O) groups excluding carboxylic acids is 1. The van der Waals surface area contributed by atoms with Crippen molar-refractivity contribution in [3.8, 4) is 34.7 Å². The molecule has 1 amide bonds. The molecule has 7 heteroatoms. The molecule has 1 N–H and O–H groups in total. The predicted molar refractivity (Wildman–Crippen MR) is 118 cm³/mol. The summed E-state index contributed by atoms with van der Waals surface area (Å²) in [4.78, 5) is 21.1. The number of rotatable bonds is 4. The van der Waals surface area contributed by atoms with E-state index in [1.807, 2.05) is 34.9 Å². The standard InChI is InChI=1S/C24H20N6O/c1-17(2)30-16-28-29-23(30)20-9-6-13-25-22(20)21-11-10-18(15-27-21)12-14-26-24(31)19-7-4-3-5-8-19/h3-11,13,15-17H,1-2H3,(H,26,31). The Morgan fingerprint density at radius 3 is 2.61 bits per heavy atom. The number of carbonyl (C=O) groups is 1. The molecule has 0 bridgehead atoms. The fourth-order valence-corrected chi connectivity index (χ4v) is 3.03. The van der Waals surface area contributed by atoms with Gasteiger partial charge in [0.2, 0.25) is 0 Å². The molecule has 0 spiro atoms. The van der Waals surface area contributed by atoms with E-state index in [2.05, 4.69) is 51.3 Å². The van der Waals surface area contributed by atoms with Gasteiger partial charge in [0, 0.05) is 41.2 Å². The summed E-state index contributed by atoms with van der Waals surface area (Å²) in [6.45, 7) is 4.15. The molecule has 3 heterocycles. The maximum atomic E-state index is 12.0. The molecule has 0 saturated carbocycles. The molecule has 0 saturated heterocycles. The predicted octanol–water partition coefficient (Wildman–Crippen LogP) is 3.72. The van der Waals surface area contributed by atoms with Gasteiger partial charge in [-0.15, -0.1) is 10.2 Å². The third-order valence-corrected chi connectivity index (χ3v) is 4.60. The van der Waals surface area contributed by atoms with E-state index >= 15 is 0 Å². The summed E-state index contributed by atoms with van der Waals surface area (Å²) in [7, 11) is 0. The highest BCUT2D eigenvalue weighted by Gasteiger charge is 2.16. The van der Waals surface area contributed by atoms with Crippen molar-refractivity contribution in [1.29, 1.82) is 0 Å². The lowest BCUT2D eigenvalue weighted by Gasteiger charge is -2.12. The molecule has 152 valence electrons. The maximum absolute atomic E-state index is 12.0. The first-order valence-electron chi connectivity index (χ1n) is 9.81. The third kappa shape index (κ3) is 4.49. The molecule has 4 aromatic rings. The highest BCUT2D eigenvalue weighted by Crippen LogP contribution is 2.28. The van der Waals surface area contributed by atoms with Crippen LogP contribution >= 0.6 is 0 Å². The summed E-state index contributed by atoms with van der Waals surface area (Å²) in [5.74, 6) is 3.40. The van der Waals surface area contributed by atoms with Gasteiger partial charge in [0.05, 0.1) is 11.4 Å². The Hall–Kier alpha value is -4.31. The molecule has 0 radical (unpaired) electrons. The van der Waals surface area contributed by atoms with Crippen LogP contribution in [0.3, 0.4) is 0 Å². The Morgan fingerprint density at radius 2 is 1.87 bits per heavy atom. The minimum absolute atomic E-state index is 0.217. The number of aromatic nitrogens is 5. The maximum Gasteiger partial charge on any atom is 0.262 e. The number of pyridine rings is 2. The van der Waals surface area contributed by atoms with E-state index in [-0.39, 0.29) is 11.9 Å². The van der Waals surface area contributed by atoms with Gasteiger partial charge < -0.3 is 4.57 Å². The molecule has 1 aromatic carbocycles. The lowest BCUT2D eigenvalue weighted by Crippen LogP contribution is -2.17. The Kier molecular flexibility index (Phi) is 5.81. The quantitative estimate of drug-likeness (QED) is 0.411. The van der Waals surface area contributed by atoms with Gasteiger partial charge in [-0.25, -0.2) is 0 Å². The van der Waals surface area contributed by atoms with E-state index in [0.29, 0.717) is 22.5 Å². The second-order valence-corrected chi connectivity index (χ2v) is 7.06. The molecule has 3 aromatic heterocycles. The Bertz CT molecular complexity index is 1250. The Morgan fingerprint density at radius 1 is 1.03 bits per heavy atom. The summed E-state index contributed by atoms with van der Waals surface area (Å²) in [6, 6.07) is 19.4. The minimum Gasteiger partial charge on any atom is -0.311 e. The fraction of sp³-hybridized carbons (Fsp3) is 0.125. The second kappa shape index (κ2) is 9.01. The van der Waals surface area contributed by atoms with Crippen molar-refractivity contribution in [2.75, 3.05) is 0 Å². The molecule has 0 aliphatic rings. The van der Waals surface area contributed by atoms with Gasteiger partial charge in [0.1, 0.15) is 6.33 Å². The molecular weight excluding hydrogens is 388 g/mol. The van der Waals surface area contributed by atoms with Crippen LogP contribution in [0.4, 0.5) is 0 Å². The lowest BCUT2D eigenvalue weighted by molar-refractivity contribution is 0.0973. The van der Waals surface area contributed by atoms with Gasteiger partial charge >= 0.3 is 0 Å². The van der Waals surface area contributed by atoms with Gasteiger partial charge in [-0.1, -0.05) is 18.2 Å². The van der Waals surface area contributed by atoms with Crippen LogP contribution in [-0.4, -0.2) is 30.6 Å². The van der Waals surface area contributed by atoms with E-state index in [0.717, 1.165) is 11.4 Å². The molecule has 0 unspecified atom stereocenters. The van der Waals surface area contributed by atoms with Crippen LogP contribution in [0, 0.1) is 12.0 Å². The average molecular weight is 408 g/mol. The third-order valence-electron chi connectivity index (χ3n) is 4.60. The van der Waals surface area contributed by atoms with E-state index < -0.39 is 0 Å². The second-order valence-electron chi connectivity index (χ2n) is 7.06. The first kappa shape index (κ1) is 20.0. The first-order valence-corrected chi connectivity index (χ1v) is 9.81. The van der Waals surface area contributed by atoms with Crippen molar-refractivity contribution in [3.05, 3.63) is 84.4 Å². The Balaban J connectivity index is 1.55. The molecule has 0 fully saturated rings. The highest BCUT2D eigenvalue weighted by molar-refractivity contribution is 5.95. The topological polar surface area (TPSA) is 85.6 Å². The number of nitrogens with zero attached hydrogens (tertiary/aromatic N) is 5. The summed E-state index contributed by atoms with van der Waals surface area (Å²) >= 11 is 0. The highest BCUT2D eigenvalue weighted by atomic mass is 16.1. The lowest BCUT2D eigenvalue weighted by atomic mass is 10.1. The smallest absolute Gasteiger partial charge is 0.262 e. The largest absolute Gasteiger partial charge is 0.311 e. The molecule has 0 aliphatic carbocycles. The molecule has 0 aliphatic heterocycles. The molecular formula is C24H20N6O. The van der Waals surface area contributed by atoms with Crippen molar-refractivity contribution >= 4 is 5.91 Å². The number of hydrogen-bond acceptors (Lipinski definition) is 5. The molecule has 31 heavy (non-hydrogen) atoms. The van der Waals surface area contributed by atoms with Crippen molar-refractivity contribution < 1.29 is 4.79 Å². The first-order chi connectivity index (χ1) is 15.1. The zero-order valence-corrected chi connectivity index (χ0v) is 17.1. The monoisotopic (exact) mass is 408 g/mol. The minimum atomic E-state index is -0.245. The SMILES string of the molecule is CC(C)n1cnnc1-c1cccnc1-c1ccc(C#CNC(=O)c2ccccc2)cn1. The van der Waals surface area contributed by atoms with Crippen LogP contribution in [0.5, 0.6) is 0 Å². The van der Waals surface area contributed by atoms with Gasteiger partial charge in [-0.05, 0) is 56.2 Å². The number of benzene rings is 1. The van der Waals surface area contributed by atoms with E-state index in [9.17, 15) is 4.79 Å². The van der Waals surface area contributed by atoms with Crippen LogP contribution in [-0.2, 0) is 0 Å². The van der Waals surface area contributed by atoms with Crippen LogP contribution < -0.4 is 5.32 Å². The normalized spacial score (nSPS) is 10.4. The van der Waals surface area contributed by atoms with E-state index in [1.165, 1.54) is 0 Å². The van der Waals surface area contributed by atoms with Crippen LogP contribution in [0.25, 0.3) is 22.8 Å². The summed E-state index contributed by atoms with van der Waals surface area (Å²) in [6.07, 6.45) is 5.10. The number of nitrogens with one attached hydrogen (secondary N) is 1. The molecule has 7 nitrogen and oxygen atoms in total. The Labute approximate surface area is 180 Å². The van der Waals surface area contributed by atoms with Crippen molar-refractivity contribution in [3.63, 3.8) is 0 Å². The van der Waals surface area contributed by atoms with Crippen molar-refractivity contribution in [1.82, 2.24) is 30.0 Å². The number of amides is 1. The molecule has 4 rings (SSSR count). The number of hydrogen-bond donors (Lipinski definition) is 1. The van der Waals surface area contributed by atoms with Gasteiger partial charge in [-0.3, -0.25) is 20.1 Å². The summed E-state index contributed by atoms with van der Waals surface area (Å²) in [5.41, 5.74) is 3.51. The van der Waals surface area contributed by atoms with Crippen LogP contribution in [0.2, 0.25) is 0 Å². The van der Waals surface area contributed by atoms with Gasteiger partial charge in [-0.2, -0.15) is 0 Å². The van der Waals surface area contributed by atoms with E-state index in [4.69, 9.17) is 0 Å². The summed E-state index contributed by atoms with van der Waals surface area (Å²) < 4.78 is 2.00. The van der Waals surface area contributed by atoms with Crippen molar-refractivity contribution in [2.24, 2.45) is 0 Å². The fourth-order valence-electron chi connectivity index (χ4n) is 3.03. The van der Waals surface area contributed by atoms with Gasteiger partial charge in [0.25, 0.3) is 5.91 Å². The summed E-state index contributed by atoms with van der Waals surface area (Å²) in [5, 5.41) is 10.9. The van der Waals surface area contributed by atoms with Gasteiger partial charge in [0.15, 0.2) is 5.82 Å². The van der Waals surface area contributed by atoms with Crippen LogP contribution in [0.1, 0.15) is 35.8 Å². The van der Waals surface area contributed by atoms with E-state index in [1.54, 1.807) is 43.0 Å². The van der Waals surface area contributed by atoms with Crippen LogP contribution in [0.15, 0.2) is 73.3 Å². The van der Waals surface area contributed by atoms with Crippen molar-refractivity contribution in [2.45, 2.75) is 19.9 Å². The average Bonchev–Trinajstić information content (AvgIpc) is 3.30. The zero-order valence-electron chi connectivity index (χ0n) is 17.1. The zero-order chi connectivity index (χ0) is 21.6.